The lowest BCUT2D eigenvalue weighted by molar-refractivity contribution is 0.399. The zero-order chi connectivity index (χ0) is 10.6. The van der Waals surface area contributed by atoms with Crippen molar-refractivity contribution in [1.29, 1.82) is 0 Å². The Morgan fingerprint density at radius 1 is 1.36 bits per heavy atom. The lowest BCUT2D eigenvalue weighted by Gasteiger charge is -2.10. The maximum Gasteiger partial charge on any atom is 0.127 e. The van der Waals surface area contributed by atoms with Crippen molar-refractivity contribution in [3.8, 4) is 0 Å². The second-order valence-corrected chi connectivity index (χ2v) is 4.46. The van der Waals surface area contributed by atoms with E-state index in [1.807, 2.05) is 20.2 Å². The van der Waals surface area contributed by atoms with Gasteiger partial charge in [0.15, 0.2) is 0 Å². The van der Waals surface area contributed by atoms with E-state index in [-0.39, 0.29) is 5.82 Å². The van der Waals surface area contributed by atoms with Gasteiger partial charge in [-0.15, -0.1) is 0 Å². The fraction of sp³-hybridized carbons (Fsp3) is 0.455. The van der Waals surface area contributed by atoms with Crippen molar-refractivity contribution in [3.05, 3.63) is 34.1 Å². The van der Waals surface area contributed by atoms with E-state index < -0.39 is 0 Å². The lowest BCUT2D eigenvalue weighted by atomic mass is 10.1. The third-order valence-corrected chi connectivity index (χ3v) is 2.84. The van der Waals surface area contributed by atoms with Gasteiger partial charge in [-0.1, -0.05) is 22.0 Å². The maximum atomic E-state index is 13.3. The molecule has 0 aliphatic carbocycles. The Hall–Kier alpha value is -0.410. The van der Waals surface area contributed by atoms with E-state index >= 15 is 0 Å². The first kappa shape index (κ1) is 11.7. The molecule has 0 amide bonds. The van der Waals surface area contributed by atoms with Gasteiger partial charge in [-0.25, -0.2) is 4.39 Å². The third kappa shape index (κ3) is 3.39. The number of halogens is 2. The van der Waals surface area contributed by atoms with Crippen molar-refractivity contribution in [3.63, 3.8) is 0 Å². The zero-order valence-electron chi connectivity index (χ0n) is 8.56. The van der Waals surface area contributed by atoms with Gasteiger partial charge in [0, 0.05) is 10.0 Å². The number of hydrogen-bond donors (Lipinski definition) is 0. The molecule has 78 valence electrons. The van der Waals surface area contributed by atoms with Gasteiger partial charge in [0.1, 0.15) is 5.82 Å². The standard InChI is InChI=1S/C11H15BrFN/c1-14(2)8-4-5-9-10(12)6-3-7-11(9)13/h3,6-7H,4-5,8H2,1-2H3. The first-order valence-electron chi connectivity index (χ1n) is 4.69. The molecule has 1 aromatic rings. The molecule has 0 bridgehead atoms. The van der Waals surface area contributed by atoms with Crippen LogP contribution in [0.25, 0.3) is 0 Å². The van der Waals surface area contributed by atoms with Crippen molar-refractivity contribution in [2.75, 3.05) is 20.6 Å². The van der Waals surface area contributed by atoms with Crippen LogP contribution in [0.3, 0.4) is 0 Å². The van der Waals surface area contributed by atoms with Crippen molar-refractivity contribution < 1.29 is 4.39 Å². The predicted molar refractivity (Wildman–Crippen MR) is 61.0 cm³/mol. The van der Waals surface area contributed by atoms with Crippen molar-refractivity contribution in [2.45, 2.75) is 12.8 Å². The van der Waals surface area contributed by atoms with E-state index in [1.54, 1.807) is 6.07 Å². The van der Waals surface area contributed by atoms with E-state index in [0.29, 0.717) is 0 Å². The highest BCUT2D eigenvalue weighted by molar-refractivity contribution is 9.10. The molecule has 1 nitrogen and oxygen atoms in total. The molecule has 0 unspecified atom stereocenters. The molecule has 0 saturated carbocycles. The van der Waals surface area contributed by atoms with E-state index in [2.05, 4.69) is 20.8 Å². The normalized spacial score (nSPS) is 10.9. The first-order chi connectivity index (χ1) is 6.61. The molecule has 0 radical (unpaired) electrons. The van der Waals surface area contributed by atoms with Gasteiger partial charge in [0.25, 0.3) is 0 Å². The Balaban J connectivity index is 2.58. The van der Waals surface area contributed by atoms with Crippen LogP contribution in [0.2, 0.25) is 0 Å². The van der Waals surface area contributed by atoms with Crippen LogP contribution < -0.4 is 0 Å². The smallest absolute Gasteiger partial charge is 0.127 e. The summed E-state index contributed by atoms with van der Waals surface area (Å²) in [4.78, 5) is 2.11. The summed E-state index contributed by atoms with van der Waals surface area (Å²) in [5.41, 5.74) is 0.786. The van der Waals surface area contributed by atoms with Crippen LogP contribution in [-0.2, 0) is 6.42 Å². The molecule has 14 heavy (non-hydrogen) atoms. The fourth-order valence-electron chi connectivity index (χ4n) is 1.34. The highest BCUT2D eigenvalue weighted by Gasteiger charge is 2.05. The van der Waals surface area contributed by atoms with Gasteiger partial charge in [0.05, 0.1) is 0 Å². The third-order valence-electron chi connectivity index (χ3n) is 2.09. The molecule has 0 fully saturated rings. The molecule has 0 saturated heterocycles. The van der Waals surface area contributed by atoms with Crippen LogP contribution in [0.5, 0.6) is 0 Å². The summed E-state index contributed by atoms with van der Waals surface area (Å²) < 4.78 is 14.2. The van der Waals surface area contributed by atoms with Gasteiger partial charge in [-0.2, -0.15) is 0 Å². The van der Waals surface area contributed by atoms with Gasteiger partial charge in [0.2, 0.25) is 0 Å². The molecule has 0 N–H and O–H groups in total. The summed E-state index contributed by atoms with van der Waals surface area (Å²) in [5.74, 6) is -0.113. The van der Waals surface area contributed by atoms with Gasteiger partial charge in [-0.3, -0.25) is 0 Å². The Kier molecular flexibility index (Phi) is 4.55. The topological polar surface area (TPSA) is 3.24 Å². The monoisotopic (exact) mass is 259 g/mol. The minimum Gasteiger partial charge on any atom is -0.309 e. The molecule has 0 aromatic heterocycles. The first-order valence-corrected chi connectivity index (χ1v) is 5.48. The number of benzene rings is 1. The van der Waals surface area contributed by atoms with E-state index in [1.165, 1.54) is 6.07 Å². The van der Waals surface area contributed by atoms with Crippen LogP contribution in [0.1, 0.15) is 12.0 Å². The lowest BCUT2D eigenvalue weighted by Crippen LogP contribution is -2.13. The summed E-state index contributed by atoms with van der Waals surface area (Å²) in [6, 6.07) is 5.11. The average Bonchev–Trinajstić information content (AvgIpc) is 2.09. The summed E-state index contributed by atoms with van der Waals surface area (Å²) >= 11 is 3.36. The molecule has 1 rings (SSSR count). The molecule has 0 aliphatic rings. The minimum atomic E-state index is -0.113. The van der Waals surface area contributed by atoms with E-state index in [9.17, 15) is 4.39 Å². The van der Waals surface area contributed by atoms with Crippen LogP contribution in [0.4, 0.5) is 4.39 Å². The van der Waals surface area contributed by atoms with Crippen LogP contribution >= 0.6 is 15.9 Å². The Labute approximate surface area is 93.0 Å². The minimum absolute atomic E-state index is 0.113. The Morgan fingerprint density at radius 3 is 2.64 bits per heavy atom. The quantitative estimate of drug-likeness (QED) is 0.804. The van der Waals surface area contributed by atoms with Crippen LogP contribution in [0.15, 0.2) is 22.7 Å². The summed E-state index contributed by atoms with van der Waals surface area (Å²) in [5, 5.41) is 0. The molecule has 0 atom stereocenters. The van der Waals surface area contributed by atoms with Crippen molar-refractivity contribution in [2.24, 2.45) is 0 Å². The average molecular weight is 260 g/mol. The molecular formula is C11H15BrFN. The Morgan fingerprint density at radius 2 is 2.07 bits per heavy atom. The van der Waals surface area contributed by atoms with Crippen molar-refractivity contribution >= 4 is 15.9 Å². The molecule has 0 spiro atoms. The maximum absolute atomic E-state index is 13.3. The van der Waals surface area contributed by atoms with Gasteiger partial charge < -0.3 is 4.90 Å². The largest absolute Gasteiger partial charge is 0.309 e. The summed E-state index contributed by atoms with van der Waals surface area (Å²) in [6.07, 6.45) is 1.76. The highest BCUT2D eigenvalue weighted by atomic mass is 79.9. The van der Waals surface area contributed by atoms with Crippen molar-refractivity contribution in [1.82, 2.24) is 4.90 Å². The molecule has 1 aromatic carbocycles. The van der Waals surface area contributed by atoms with Gasteiger partial charge >= 0.3 is 0 Å². The number of nitrogens with zero attached hydrogens (tertiary/aromatic N) is 1. The SMILES string of the molecule is CN(C)CCCc1c(F)cccc1Br. The highest BCUT2D eigenvalue weighted by Crippen LogP contribution is 2.20. The summed E-state index contributed by atoms with van der Waals surface area (Å²) in [7, 11) is 4.05. The molecule has 0 heterocycles. The van der Waals surface area contributed by atoms with Crippen LogP contribution in [0, 0.1) is 5.82 Å². The molecule has 0 aliphatic heterocycles. The van der Waals surface area contributed by atoms with Gasteiger partial charge in [-0.05, 0) is 45.6 Å². The molecule has 3 heteroatoms. The van der Waals surface area contributed by atoms with E-state index in [4.69, 9.17) is 0 Å². The predicted octanol–water partition coefficient (Wildman–Crippen LogP) is 3.08. The second kappa shape index (κ2) is 5.47. The zero-order valence-corrected chi connectivity index (χ0v) is 10.1. The fourth-order valence-corrected chi connectivity index (χ4v) is 1.88. The summed E-state index contributed by atoms with van der Waals surface area (Å²) in [6.45, 7) is 0.987. The Bertz CT molecular complexity index is 279. The number of rotatable bonds is 4. The van der Waals surface area contributed by atoms with Crippen LogP contribution in [-0.4, -0.2) is 25.5 Å². The second-order valence-electron chi connectivity index (χ2n) is 3.61. The molecular weight excluding hydrogens is 245 g/mol. The van der Waals surface area contributed by atoms with E-state index in [0.717, 1.165) is 29.4 Å². The number of hydrogen-bond acceptors (Lipinski definition) is 1.